The van der Waals surface area contributed by atoms with Gasteiger partial charge in [0.25, 0.3) is 0 Å². The van der Waals surface area contributed by atoms with Crippen molar-refractivity contribution >= 4 is 45.2 Å². The van der Waals surface area contributed by atoms with E-state index < -0.39 is 5.41 Å². The molecule has 4 rings (SSSR count). The zero-order valence-corrected chi connectivity index (χ0v) is 14.1. The lowest BCUT2D eigenvalue weighted by molar-refractivity contribution is -0.118. The van der Waals surface area contributed by atoms with Gasteiger partial charge < -0.3 is 16.8 Å². The third-order valence-corrected chi connectivity index (χ3v) is 5.54. The number of nitrogens with two attached hydrogens (primary N) is 2. The van der Waals surface area contributed by atoms with Gasteiger partial charge in [-0.3, -0.25) is 4.79 Å². The van der Waals surface area contributed by atoms with Crippen LogP contribution in [0, 0.1) is 0 Å². The third-order valence-electron chi connectivity index (χ3n) is 4.36. The Bertz CT molecular complexity index is 886. The third kappa shape index (κ3) is 2.02. The topological polar surface area (TPSA) is 81.1 Å². The van der Waals surface area contributed by atoms with Gasteiger partial charge in [-0.2, -0.15) is 0 Å². The average molecular weight is 356 g/mol. The fraction of sp³-hybridized carbons (Fsp3) is 0.0556. The van der Waals surface area contributed by atoms with E-state index in [9.17, 15) is 4.79 Å². The summed E-state index contributed by atoms with van der Waals surface area (Å²) in [6.07, 6.45) is 0. The summed E-state index contributed by atoms with van der Waals surface area (Å²) in [5.74, 6) is -0.102. The van der Waals surface area contributed by atoms with Crippen LogP contribution in [0.25, 0.3) is 0 Å². The summed E-state index contributed by atoms with van der Waals surface area (Å²) >= 11 is 7.57. The number of nitrogens with one attached hydrogen (secondary N) is 1. The first-order chi connectivity index (χ1) is 11.5. The number of amides is 1. The maximum Gasteiger partial charge on any atom is 0.244 e. The molecule has 1 aliphatic rings. The maximum atomic E-state index is 13.1. The largest absolute Gasteiger partial charge is 0.399 e. The molecule has 3 aromatic rings. The molecule has 0 saturated heterocycles. The second-order valence-corrected chi connectivity index (χ2v) is 7.42. The van der Waals surface area contributed by atoms with E-state index in [0.717, 1.165) is 21.7 Å². The first-order valence-corrected chi connectivity index (χ1v) is 8.54. The molecule has 0 fully saturated rings. The van der Waals surface area contributed by atoms with E-state index in [2.05, 4.69) is 5.32 Å². The van der Waals surface area contributed by atoms with Crippen molar-refractivity contribution in [2.75, 3.05) is 16.8 Å². The van der Waals surface area contributed by atoms with Gasteiger partial charge in [0.1, 0.15) is 10.4 Å². The SMILES string of the molecule is Nc1ccc(C2(c3ccc(N)cc3)C(=O)Nc3sc(Cl)cc32)cc1. The number of hydrogen-bond acceptors (Lipinski definition) is 4. The monoisotopic (exact) mass is 355 g/mol. The molecule has 0 saturated carbocycles. The fourth-order valence-corrected chi connectivity index (χ4v) is 4.44. The number of rotatable bonds is 2. The molecule has 6 heteroatoms. The van der Waals surface area contributed by atoms with Gasteiger partial charge in [0.05, 0.1) is 4.34 Å². The predicted octanol–water partition coefficient (Wildman–Crippen LogP) is 3.85. The van der Waals surface area contributed by atoms with Crippen LogP contribution in [-0.2, 0) is 10.2 Å². The maximum absolute atomic E-state index is 13.1. The van der Waals surface area contributed by atoms with E-state index in [1.165, 1.54) is 11.3 Å². The van der Waals surface area contributed by atoms with E-state index in [4.69, 9.17) is 23.1 Å². The second-order valence-electron chi connectivity index (χ2n) is 5.74. The highest BCUT2D eigenvalue weighted by molar-refractivity contribution is 7.20. The van der Waals surface area contributed by atoms with Crippen LogP contribution < -0.4 is 16.8 Å². The Morgan fingerprint density at radius 3 is 1.92 bits per heavy atom. The van der Waals surface area contributed by atoms with Crippen molar-refractivity contribution in [1.82, 2.24) is 0 Å². The van der Waals surface area contributed by atoms with Crippen LogP contribution >= 0.6 is 22.9 Å². The first kappa shape index (κ1) is 15.1. The lowest BCUT2D eigenvalue weighted by atomic mass is 9.71. The normalized spacial score (nSPS) is 15.1. The van der Waals surface area contributed by atoms with Gasteiger partial charge in [0.15, 0.2) is 0 Å². The quantitative estimate of drug-likeness (QED) is 0.611. The molecule has 5 N–H and O–H groups in total. The Morgan fingerprint density at radius 1 is 0.917 bits per heavy atom. The van der Waals surface area contributed by atoms with Crippen molar-refractivity contribution in [2.24, 2.45) is 0 Å². The number of fused-ring (bicyclic) bond motifs is 1. The molecule has 0 unspecified atom stereocenters. The second kappa shape index (κ2) is 5.26. The summed E-state index contributed by atoms with van der Waals surface area (Å²) in [5.41, 5.74) is 14.5. The van der Waals surface area contributed by atoms with Crippen molar-refractivity contribution in [3.8, 4) is 0 Å². The number of halogens is 1. The minimum atomic E-state index is -0.958. The van der Waals surface area contributed by atoms with Gasteiger partial charge >= 0.3 is 0 Å². The van der Waals surface area contributed by atoms with Gasteiger partial charge in [0, 0.05) is 16.9 Å². The number of thiophene rings is 1. The molecular formula is C18H14ClN3OS. The van der Waals surface area contributed by atoms with Crippen molar-refractivity contribution in [1.29, 1.82) is 0 Å². The molecule has 0 radical (unpaired) electrons. The molecule has 120 valence electrons. The zero-order chi connectivity index (χ0) is 16.9. The first-order valence-electron chi connectivity index (χ1n) is 7.35. The highest BCUT2D eigenvalue weighted by Gasteiger charge is 2.50. The molecule has 0 spiro atoms. The number of carbonyl (C=O) groups excluding carboxylic acids is 1. The number of anilines is 3. The Kier molecular flexibility index (Phi) is 3.30. The average Bonchev–Trinajstić information content (AvgIpc) is 3.03. The van der Waals surface area contributed by atoms with Crippen molar-refractivity contribution in [2.45, 2.75) is 5.41 Å². The van der Waals surface area contributed by atoms with E-state index in [-0.39, 0.29) is 5.91 Å². The molecule has 0 aliphatic carbocycles. The highest BCUT2D eigenvalue weighted by Crippen LogP contribution is 2.51. The Morgan fingerprint density at radius 2 is 1.42 bits per heavy atom. The molecule has 0 bridgehead atoms. The van der Waals surface area contributed by atoms with Crippen LogP contribution in [-0.4, -0.2) is 5.91 Å². The van der Waals surface area contributed by atoms with Crippen molar-refractivity contribution in [3.05, 3.63) is 75.6 Å². The summed E-state index contributed by atoms with van der Waals surface area (Å²) in [6.45, 7) is 0. The summed E-state index contributed by atoms with van der Waals surface area (Å²) in [4.78, 5) is 13.1. The van der Waals surface area contributed by atoms with Crippen LogP contribution in [0.1, 0.15) is 16.7 Å². The van der Waals surface area contributed by atoms with Crippen molar-refractivity contribution < 1.29 is 4.79 Å². The lowest BCUT2D eigenvalue weighted by Crippen LogP contribution is -2.37. The van der Waals surface area contributed by atoms with E-state index in [0.29, 0.717) is 15.7 Å². The van der Waals surface area contributed by atoms with Crippen LogP contribution in [0.5, 0.6) is 0 Å². The van der Waals surface area contributed by atoms with Gasteiger partial charge in [-0.1, -0.05) is 35.9 Å². The minimum absolute atomic E-state index is 0.102. The Balaban J connectivity index is 2.05. The Hall–Kier alpha value is -2.50. The van der Waals surface area contributed by atoms with Crippen LogP contribution in [0.2, 0.25) is 4.34 Å². The fourth-order valence-electron chi connectivity index (χ4n) is 3.26. The smallest absolute Gasteiger partial charge is 0.244 e. The number of hydrogen-bond donors (Lipinski definition) is 3. The molecule has 1 aliphatic heterocycles. The predicted molar refractivity (Wildman–Crippen MR) is 99.5 cm³/mol. The van der Waals surface area contributed by atoms with Gasteiger partial charge in [-0.15, -0.1) is 11.3 Å². The summed E-state index contributed by atoms with van der Waals surface area (Å²) in [5, 5.41) is 3.74. The lowest BCUT2D eigenvalue weighted by Gasteiger charge is -2.28. The minimum Gasteiger partial charge on any atom is -0.399 e. The van der Waals surface area contributed by atoms with E-state index in [1.54, 1.807) is 24.3 Å². The van der Waals surface area contributed by atoms with Crippen LogP contribution in [0.4, 0.5) is 16.4 Å². The molecule has 2 aromatic carbocycles. The van der Waals surface area contributed by atoms with E-state index >= 15 is 0 Å². The molecule has 1 amide bonds. The molecule has 24 heavy (non-hydrogen) atoms. The molecule has 1 aromatic heterocycles. The number of carbonyl (C=O) groups is 1. The summed E-state index contributed by atoms with van der Waals surface area (Å²) in [7, 11) is 0. The highest BCUT2D eigenvalue weighted by atomic mass is 35.5. The van der Waals surface area contributed by atoms with Crippen LogP contribution in [0.15, 0.2) is 54.6 Å². The molecule has 2 heterocycles. The van der Waals surface area contributed by atoms with Gasteiger partial charge in [-0.05, 0) is 41.5 Å². The van der Waals surface area contributed by atoms with Gasteiger partial charge in [-0.25, -0.2) is 0 Å². The van der Waals surface area contributed by atoms with Crippen LogP contribution in [0.3, 0.4) is 0 Å². The van der Waals surface area contributed by atoms with Crippen molar-refractivity contribution in [3.63, 3.8) is 0 Å². The summed E-state index contributed by atoms with van der Waals surface area (Å²) in [6, 6.07) is 16.6. The summed E-state index contributed by atoms with van der Waals surface area (Å²) < 4.78 is 0.635. The van der Waals surface area contributed by atoms with E-state index in [1.807, 2.05) is 30.3 Å². The standard InChI is InChI=1S/C18H14ClN3OS/c19-15-9-14-16(24-15)22-17(23)18(14,10-1-5-12(20)6-2-10)11-3-7-13(21)8-4-11/h1-9H,20-21H2,(H,22,23). The molecule has 4 nitrogen and oxygen atoms in total. The Labute approximate surface area is 148 Å². The molecule has 0 atom stereocenters. The zero-order valence-electron chi connectivity index (χ0n) is 12.5. The van der Waals surface area contributed by atoms with Gasteiger partial charge in [0.2, 0.25) is 5.91 Å². The molecular weight excluding hydrogens is 342 g/mol. The number of nitrogen functional groups attached to an aromatic ring is 2. The number of benzene rings is 2.